The molecule has 2 amide bonds. The number of carboxylic acid groups (broad SMARTS) is 1. The van der Waals surface area contributed by atoms with Gasteiger partial charge in [0, 0.05) is 38.0 Å². The first kappa shape index (κ1) is 29.2. The predicted molar refractivity (Wildman–Crippen MR) is 131 cm³/mol. The van der Waals surface area contributed by atoms with Gasteiger partial charge in [-0.15, -0.1) is 0 Å². The van der Waals surface area contributed by atoms with E-state index in [-0.39, 0.29) is 17.0 Å². The molecule has 208 valence electrons. The number of nitrogens with one attached hydrogen (secondary N) is 1. The lowest BCUT2D eigenvalue weighted by molar-refractivity contribution is -0.192. The standard InChI is InChI=1S/C23H24FN5O3.C2HF3O2/c1-14(25)22(31)28-8-10-29(11-9-28)23(32)18-12-15(6-7-19(18)24)13-20-16-4-2-3-5-17(16)21(30)27-26-20;3-2(4,5)1(6)7/h2-7,12,14H,8-11,13,25H2,1H3,(H,27,30);(H,6,7). The number of rotatable bonds is 4. The van der Waals surface area contributed by atoms with Crippen LogP contribution in [0.4, 0.5) is 17.6 Å². The van der Waals surface area contributed by atoms with E-state index in [0.717, 1.165) is 0 Å². The number of aromatic nitrogens is 2. The molecular formula is C25H25F4N5O5. The van der Waals surface area contributed by atoms with Crippen LogP contribution in [0, 0.1) is 5.82 Å². The zero-order chi connectivity index (χ0) is 28.9. The maximum absolute atomic E-state index is 14.5. The van der Waals surface area contributed by atoms with Gasteiger partial charge in [0.25, 0.3) is 11.5 Å². The number of hydrogen-bond donors (Lipinski definition) is 3. The van der Waals surface area contributed by atoms with Crippen LogP contribution >= 0.6 is 0 Å². The predicted octanol–water partition coefficient (Wildman–Crippen LogP) is 1.92. The molecule has 14 heteroatoms. The topological polar surface area (TPSA) is 150 Å². The van der Waals surface area contributed by atoms with Gasteiger partial charge in [-0.2, -0.15) is 18.3 Å². The van der Waals surface area contributed by atoms with Crippen molar-refractivity contribution >= 4 is 28.6 Å². The number of carbonyl (C=O) groups excluding carboxylic acids is 2. The Morgan fingerprint density at radius 1 is 1.05 bits per heavy atom. The fourth-order valence-corrected chi connectivity index (χ4v) is 3.93. The Morgan fingerprint density at radius 3 is 2.18 bits per heavy atom. The van der Waals surface area contributed by atoms with Gasteiger partial charge in [-0.05, 0) is 30.7 Å². The summed E-state index contributed by atoms with van der Waals surface area (Å²) in [5, 5.41) is 15.0. The van der Waals surface area contributed by atoms with E-state index in [1.807, 2.05) is 12.1 Å². The monoisotopic (exact) mass is 551 g/mol. The molecule has 2 heterocycles. The zero-order valence-corrected chi connectivity index (χ0v) is 20.7. The fraction of sp³-hybridized carbons (Fsp3) is 0.320. The lowest BCUT2D eigenvalue weighted by atomic mass is 10.0. The molecule has 4 N–H and O–H groups in total. The van der Waals surface area contributed by atoms with E-state index in [0.29, 0.717) is 54.6 Å². The molecule has 2 aromatic carbocycles. The van der Waals surface area contributed by atoms with Crippen molar-refractivity contribution < 1.29 is 37.1 Å². The van der Waals surface area contributed by atoms with E-state index < -0.39 is 29.9 Å². The molecule has 3 aromatic rings. The summed E-state index contributed by atoms with van der Waals surface area (Å²) in [6.45, 7) is 2.97. The summed E-state index contributed by atoms with van der Waals surface area (Å²) in [5.41, 5.74) is 6.68. The average Bonchev–Trinajstić information content (AvgIpc) is 2.90. The number of benzene rings is 2. The summed E-state index contributed by atoms with van der Waals surface area (Å²) in [4.78, 5) is 49.1. The smallest absolute Gasteiger partial charge is 0.475 e. The molecule has 0 aliphatic carbocycles. The summed E-state index contributed by atoms with van der Waals surface area (Å²) in [7, 11) is 0. The third kappa shape index (κ3) is 7.16. The SMILES string of the molecule is CC(N)C(=O)N1CCN(C(=O)c2cc(Cc3n[nH]c(=O)c4ccccc34)ccc2F)CC1.O=C(O)C(F)(F)F. The van der Waals surface area contributed by atoms with E-state index in [1.54, 1.807) is 34.9 Å². The number of carbonyl (C=O) groups is 3. The van der Waals surface area contributed by atoms with Gasteiger partial charge in [0.05, 0.1) is 22.7 Å². The highest BCUT2D eigenvalue weighted by Gasteiger charge is 2.38. The van der Waals surface area contributed by atoms with E-state index in [2.05, 4.69) is 10.2 Å². The summed E-state index contributed by atoms with van der Waals surface area (Å²) < 4.78 is 46.3. The fourth-order valence-electron chi connectivity index (χ4n) is 3.93. The van der Waals surface area contributed by atoms with Gasteiger partial charge >= 0.3 is 12.1 Å². The molecular weight excluding hydrogens is 526 g/mol. The van der Waals surface area contributed by atoms with E-state index in [4.69, 9.17) is 15.6 Å². The minimum Gasteiger partial charge on any atom is -0.475 e. The van der Waals surface area contributed by atoms with Crippen LogP contribution in [0.2, 0.25) is 0 Å². The quantitative estimate of drug-likeness (QED) is 0.420. The lowest BCUT2D eigenvalue weighted by Gasteiger charge is -2.35. The highest BCUT2D eigenvalue weighted by Crippen LogP contribution is 2.20. The number of hydrogen-bond acceptors (Lipinski definition) is 6. The van der Waals surface area contributed by atoms with Crippen molar-refractivity contribution in [1.82, 2.24) is 20.0 Å². The number of alkyl halides is 3. The Labute approximate surface area is 219 Å². The van der Waals surface area contributed by atoms with Crippen molar-refractivity contribution in [3.05, 3.63) is 75.5 Å². The van der Waals surface area contributed by atoms with E-state index >= 15 is 0 Å². The normalized spacial score (nSPS) is 14.4. The molecule has 39 heavy (non-hydrogen) atoms. The number of H-pyrrole nitrogens is 1. The second-order valence-corrected chi connectivity index (χ2v) is 8.75. The van der Waals surface area contributed by atoms with Crippen LogP contribution in [0.15, 0.2) is 47.3 Å². The number of nitrogens with two attached hydrogens (primary N) is 1. The van der Waals surface area contributed by atoms with Crippen LogP contribution in [0.25, 0.3) is 10.8 Å². The second kappa shape index (κ2) is 12.0. The van der Waals surface area contributed by atoms with Gasteiger partial charge in [-0.1, -0.05) is 24.3 Å². The first-order valence-corrected chi connectivity index (χ1v) is 11.7. The van der Waals surface area contributed by atoms with E-state index in [9.17, 15) is 31.9 Å². The zero-order valence-electron chi connectivity index (χ0n) is 20.7. The van der Waals surface area contributed by atoms with Crippen LogP contribution in [0.3, 0.4) is 0 Å². The minimum absolute atomic E-state index is 0.0248. The largest absolute Gasteiger partial charge is 0.490 e. The number of carboxylic acids is 1. The van der Waals surface area contributed by atoms with Crippen molar-refractivity contribution in [1.29, 1.82) is 0 Å². The van der Waals surface area contributed by atoms with Crippen LogP contribution in [-0.2, 0) is 16.0 Å². The lowest BCUT2D eigenvalue weighted by Crippen LogP contribution is -2.53. The molecule has 1 saturated heterocycles. The Bertz CT molecular complexity index is 1430. The summed E-state index contributed by atoms with van der Waals surface area (Å²) >= 11 is 0. The molecule has 0 bridgehead atoms. The first-order chi connectivity index (χ1) is 18.3. The molecule has 1 aliphatic rings. The number of fused-ring (bicyclic) bond motifs is 1. The maximum atomic E-state index is 14.5. The Morgan fingerprint density at radius 2 is 1.62 bits per heavy atom. The highest BCUT2D eigenvalue weighted by atomic mass is 19.4. The van der Waals surface area contributed by atoms with Gasteiger partial charge < -0.3 is 20.6 Å². The molecule has 10 nitrogen and oxygen atoms in total. The van der Waals surface area contributed by atoms with Crippen molar-refractivity contribution in [2.24, 2.45) is 5.73 Å². The molecule has 4 rings (SSSR count). The van der Waals surface area contributed by atoms with E-state index in [1.165, 1.54) is 12.1 Å². The van der Waals surface area contributed by atoms with Gasteiger partial charge in [0.2, 0.25) is 5.91 Å². The van der Waals surface area contributed by atoms with Crippen LogP contribution < -0.4 is 11.3 Å². The molecule has 0 radical (unpaired) electrons. The first-order valence-electron chi connectivity index (χ1n) is 11.7. The van der Waals surface area contributed by atoms with Crippen molar-refractivity contribution in [3.8, 4) is 0 Å². The molecule has 1 unspecified atom stereocenters. The molecule has 0 saturated carbocycles. The van der Waals surface area contributed by atoms with Gasteiger partial charge in [-0.25, -0.2) is 14.3 Å². The number of amides is 2. The van der Waals surface area contributed by atoms with Gasteiger partial charge in [0.15, 0.2) is 0 Å². The number of nitrogens with zero attached hydrogens (tertiary/aromatic N) is 3. The Kier molecular flexibility index (Phi) is 9.01. The second-order valence-electron chi connectivity index (χ2n) is 8.75. The third-order valence-corrected chi connectivity index (χ3v) is 5.92. The van der Waals surface area contributed by atoms with Crippen molar-refractivity contribution in [2.75, 3.05) is 26.2 Å². The number of aromatic amines is 1. The van der Waals surface area contributed by atoms with Crippen molar-refractivity contribution in [2.45, 2.75) is 25.6 Å². The third-order valence-electron chi connectivity index (χ3n) is 5.92. The van der Waals surface area contributed by atoms with Gasteiger partial charge in [-0.3, -0.25) is 14.4 Å². The Balaban J connectivity index is 0.000000532. The van der Waals surface area contributed by atoms with Crippen molar-refractivity contribution in [3.63, 3.8) is 0 Å². The molecule has 1 aromatic heterocycles. The summed E-state index contributed by atoms with van der Waals surface area (Å²) in [5.74, 6) is -3.94. The van der Waals surface area contributed by atoms with Crippen LogP contribution in [0.5, 0.6) is 0 Å². The van der Waals surface area contributed by atoms with Crippen LogP contribution in [-0.4, -0.2) is 81.3 Å². The molecule has 0 spiro atoms. The van der Waals surface area contributed by atoms with Gasteiger partial charge in [0.1, 0.15) is 5.82 Å². The summed E-state index contributed by atoms with van der Waals surface area (Å²) in [6, 6.07) is 10.9. The molecule has 1 atom stereocenters. The Hall–Kier alpha value is -4.33. The summed E-state index contributed by atoms with van der Waals surface area (Å²) in [6.07, 6.45) is -4.76. The average molecular weight is 551 g/mol. The maximum Gasteiger partial charge on any atom is 0.490 e. The number of piperazine rings is 1. The molecule has 1 fully saturated rings. The number of aliphatic carboxylic acids is 1. The number of halogens is 4. The molecule has 1 aliphatic heterocycles. The highest BCUT2D eigenvalue weighted by molar-refractivity contribution is 5.95. The van der Waals surface area contributed by atoms with Crippen LogP contribution in [0.1, 0.15) is 28.5 Å². The minimum atomic E-state index is -5.08.